The molecule has 1 N–H and O–H groups in total. The van der Waals surface area contributed by atoms with Gasteiger partial charge in [-0.2, -0.15) is 5.10 Å². The van der Waals surface area contributed by atoms with Crippen LogP contribution in [-0.4, -0.2) is 33.5 Å². The first-order valence-electron chi connectivity index (χ1n) is 9.93. The second-order valence-corrected chi connectivity index (χ2v) is 8.07. The van der Waals surface area contributed by atoms with Crippen molar-refractivity contribution in [3.05, 3.63) is 71.6 Å². The number of aromatic nitrogens is 2. The van der Waals surface area contributed by atoms with Crippen LogP contribution in [0, 0.1) is 0 Å². The van der Waals surface area contributed by atoms with Gasteiger partial charge in [0.1, 0.15) is 5.69 Å². The highest BCUT2D eigenvalue weighted by molar-refractivity contribution is 6.11. The van der Waals surface area contributed by atoms with Crippen molar-refractivity contribution >= 4 is 17.7 Å². The van der Waals surface area contributed by atoms with Gasteiger partial charge >= 0.3 is 0 Å². The van der Waals surface area contributed by atoms with E-state index in [1.807, 2.05) is 39.1 Å². The molecule has 0 bridgehead atoms. The Morgan fingerprint density at radius 1 is 1.31 bits per heavy atom. The van der Waals surface area contributed by atoms with E-state index in [4.69, 9.17) is 5.11 Å². The van der Waals surface area contributed by atoms with Crippen molar-refractivity contribution in [2.45, 2.75) is 52.5 Å². The molecule has 5 nitrogen and oxygen atoms in total. The van der Waals surface area contributed by atoms with Crippen molar-refractivity contribution in [3.8, 4) is 0 Å². The van der Waals surface area contributed by atoms with Crippen LogP contribution in [0.15, 0.2) is 54.2 Å². The number of rotatable bonds is 9. The number of aliphatic hydroxyl groups is 1. The number of aliphatic imine (C=N–C) groups is 1. The van der Waals surface area contributed by atoms with Gasteiger partial charge in [0.25, 0.3) is 0 Å². The number of carbonyl (C=O) groups is 1. The predicted molar refractivity (Wildman–Crippen MR) is 119 cm³/mol. The van der Waals surface area contributed by atoms with Gasteiger partial charge < -0.3 is 5.11 Å². The Balaban J connectivity index is 2.35. The molecule has 0 saturated heterocycles. The summed E-state index contributed by atoms with van der Waals surface area (Å²) < 4.78 is 1.77. The molecule has 2 aromatic rings. The number of aliphatic hydroxyl groups excluding tert-OH is 1. The third-order valence-corrected chi connectivity index (χ3v) is 4.63. The normalized spacial score (nSPS) is 11.8. The van der Waals surface area contributed by atoms with E-state index in [1.54, 1.807) is 10.9 Å². The van der Waals surface area contributed by atoms with E-state index in [1.165, 1.54) is 5.56 Å². The first-order valence-corrected chi connectivity index (χ1v) is 9.93. The molecule has 0 aliphatic rings. The number of ketones is 1. The van der Waals surface area contributed by atoms with Crippen LogP contribution in [-0.2, 0) is 12.0 Å². The summed E-state index contributed by atoms with van der Waals surface area (Å²) in [5.41, 5.74) is 3.90. The molecule has 0 radical (unpaired) electrons. The maximum Gasteiger partial charge on any atom is 0.209 e. The lowest BCUT2D eigenvalue weighted by atomic mass is 10.0. The van der Waals surface area contributed by atoms with E-state index in [-0.39, 0.29) is 17.9 Å². The van der Waals surface area contributed by atoms with Crippen LogP contribution >= 0.6 is 0 Å². The smallest absolute Gasteiger partial charge is 0.209 e. The summed E-state index contributed by atoms with van der Waals surface area (Å²) in [6.45, 7) is 16.1. The van der Waals surface area contributed by atoms with Crippen LogP contribution in [0.5, 0.6) is 0 Å². The van der Waals surface area contributed by atoms with Crippen LogP contribution in [0.4, 0.5) is 0 Å². The molecule has 1 aromatic carbocycles. The molecule has 2 rings (SSSR count). The lowest BCUT2D eigenvalue weighted by Crippen LogP contribution is -2.22. The number of nitrogens with zero attached hydrogens (tertiary/aromatic N) is 3. The molecule has 0 spiro atoms. The summed E-state index contributed by atoms with van der Waals surface area (Å²) in [5.74, 6) is -0.221. The average Bonchev–Trinajstić information content (AvgIpc) is 3.14. The quantitative estimate of drug-likeness (QED) is 0.378. The SMILES string of the molecule is C=C(CCCO)C(=O)c1nn(C(C)(C)C)cc1C=NC(=C)c1cccc(CC)c1. The zero-order chi connectivity index (χ0) is 21.6. The predicted octanol–water partition coefficient (Wildman–Crippen LogP) is 4.80. The van der Waals surface area contributed by atoms with Gasteiger partial charge in [-0.25, -0.2) is 0 Å². The van der Waals surface area contributed by atoms with E-state index in [0.717, 1.165) is 12.0 Å². The molecular weight excluding hydrogens is 362 g/mol. The number of allylic oxidation sites excluding steroid dienone is 1. The Labute approximate surface area is 173 Å². The van der Waals surface area contributed by atoms with E-state index in [9.17, 15) is 4.79 Å². The third-order valence-electron chi connectivity index (χ3n) is 4.63. The number of hydrogen-bond donors (Lipinski definition) is 1. The lowest BCUT2D eigenvalue weighted by Gasteiger charge is -2.18. The topological polar surface area (TPSA) is 67.5 Å². The number of Topliss-reactive ketones (excluding diaryl/α,β-unsaturated/α-hetero) is 1. The maximum absolute atomic E-state index is 12.9. The zero-order valence-corrected chi connectivity index (χ0v) is 17.9. The first-order chi connectivity index (χ1) is 13.7. The maximum atomic E-state index is 12.9. The fourth-order valence-electron chi connectivity index (χ4n) is 2.77. The van der Waals surface area contributed by atoms with Gasteiger partial charge in [0, 0.05) is 24.6 Å². The number of benzene rings is 1. The van der Waals surface area contributed by atoms with Crippen LogP contribution in [0.3, 0.4) is 0 Å². The average molecular weight is 394 g/mol. The summed E-state index contributed by atoms with van der Waals surface area (Å²) in [6.07, 6.45) is 5.34. The van der Waals surface area contributed by atoms with Gasteiger partial charge in [-0.15, -0.1) is 0 Å². The summed E-state index contributed by atoms with van der Waals surface area (Å²) in [4.78, 5) is 17.4. The van der Waals surface area contributed by atoms with E-state index in [0.29, 0.717) is 35.4 Å². The van der Waals surface area contributed by atoms with Gasteiger partial charge in [0.05, 0.1) is 11.2 Å². The van der Waals surface area contributed by atoms with Crippen molar-refractivity contribution in [1.29, 1.82) is 0 Å². The van der Waals surface area contributed by atoms with Crippen LogP contribution in [0.25, 0.3) is 5.70 Å². The van der Waals surface area contributed by atoms with E-state index in [2.05, 4.69) is 42.3 Å². The molecule has 0 atom stereocenters. The van der Waals surface area contributed by atoms with Crippen molar-refractivity contribution in [3.63, 3.8) is 0 Å². The molecular formula is C24H31N3O2. The van der Waals surface area contributed by atoms with Crippen molar-refractivity contribution in [2.75, 3.05) is 6.61 Å². The van der Waals surface area contributed by atoms with Crippen LogP contribution in [0.1, 0.15) is 67.7 Å². The monoisotopic (exact) mass is 393 g/mol. The minimum Gasteiger partial charge on any atom is -0.396 e. The Kier molecular flexibility index (Phi) is 7.46. The highest BCUT2D eigenvalue weighted by Crippen LogP contribution is 2.21. The highest BCUT2D eigenvalue weighted by atomic mass is 16.3. The molecule has 0 amide bonds. The van der Waals surface area contributed by atoms with E-state index < -0.39 is 0 Å². The minimum absolute atomic E-state index is 0.0215. The molecule has 0 saturated carbocycles. The Hall–Kier alpha value is -2.79. The van der Waals surface area contributed by atoms with E-state index >= 15 is 0 Å². The fourth-order valence-corrected chi connectivity index (χ4v) is 2.77. The van der Waals surface area contributed by atoms with Gasteiger partial charge in [-0.1, -0.05) is 38.3 Å². The van der Waals surface area contributed by atoms with Gasteiger partial charge in [-0.05, 0) is 62.8 Å². The van der Waals surface area contributed by atoms with Gasteiger partial charge in [-0.3, -0.25) is 14.5 Å². The molecule has 0 unspecified atom stereocenters. The highest BCUT2D eigenvalue weighted by Gasteiger charge is 2.22. The standard InChI is InChI=1S/C24H31N3O2/c1-7-19-11-8-12-20(14-19)18(3)25-15-21-16-27(24(4,5)6)26-22(21)23(29)17(2)10-9-13-28/h8,11-12,14-16,28H,2-3,7,9-10,13H2,1,4-6H3. The summed E-state index contributed by atoms with van der Waals surface area (Å²) in [5, 5.41) is 13.5. The lowest BCUT2D eigenvalue weighted by molar-refractivity contribution is 0.102. The second kappa shape index (κ2) is 9.61. The van der Waals surface area contributed by atoms with Gasteiger partial charge in [0.15, 0.2) is 0 Å². The Morgan fingerprint density at radius 3 is 2.66 bits per heavy atom. The molecule has 154 valence electrons. The molecule has 1 heterocycles. The fraction of sp³-hybridized carbons (Fsp3) is 0.375. The van der Waals surface area contributed by atoms with Gasteiger partial charge in [0.2, 0.25) is 5.78 Å². The first kappa shape index (κ1) is 22.5. The number of hydrogen-bond acceptors (Lipinski definition) is 4. The third kappa shape index (κ3) is 5.84. The molecule has 5 heteroatoms. The Bertz CT molecular complexity index is 930. The molecule has 29 heavy (non-hydrogen) atoms. The second-order valence-electron chi connectivity index (χ2n) is 8.07. The van der Waals surface area contributed by atoms with Crippen molar-refractivity contribution < 1.29 is 9.90 Å². The summed E-state index contributed by atoms with van der Waals surface area (Å²) in [6, 6.07) is 8.11. The number of carbonyl (C=O) groups excluding carboxylic acids is 1. The molecule has 0 fully saturated rings. The number of aryl methyl sites for hydroxylation is 1. The van der Waals surface area contributed by atoms with Crippen molar-refractivity contribution in [1.82, 2.24) is 9.78 Å². The summed E-state index contributed by atoms with van der Waals surface area (Å²) >= 11 is 0. The van der Waals surface area contributed by atoms with Crippen LogP contribution in [0.2, 0.25) is 0 Å². The summed E-state index contributed by atoms with van der Waals surface area (Å²) in [7, 11) is 0. The molecule has 0 aliphatic heterocycles. The largest absolute Gasteiger partial charge is 0.396 e. The molecule has 0 aliphatic carbocycles. The zero-order valence-electron chi connectivity index (χ0n) is 17.9. The molecule has 1 aromatic heterocycles. The van der Waals surface area contributed by atoms with Crippen LogP contribution < -0.4 is 0 Å². The Morgan fingerprint density at radius 2 is 2.03 bits per heavy atom. The van der Waals surface area contributed by atoms with Crippen molar-refractivity contribution in [2.24, 2.45) is 4.99 Å². The minimum atomic E-state index is -0.278.